The van der Waals surface area contributed by atoms with Crippen LogP contribution >= 0.6 is 0 Å². The molecule has 2 heterocycles. The number of nitrogens with two attached hydrogens (primary N) is 1. The van der Waals surface area contributed by atoms with E-state index >= 15 is 0 Å². The van der Waals surface area contributed by atoms with Gasteiger partial charge in [-0.1, -0.05) is 39.0 Å². The van der Waals surface area contributed by atoms with Crippen molar-refractivity contribution in [2.45, 2.75) is 32.1 Å². The highest BCUT2D eigenvalue weighted by atomic mass is 19.1. The van der Waals surface area contributed by atoms with E-state index in [0.29, 0.717) is 17.0 Å². The summed E-state index contributed by atoms with van der Waals surface area (Å²) in [6.07, 6.45) is 0. The molecule has 2 aromatic rings. The van der Waals surface area contributed by atoms with E-state index in [1.165, 1.54) is 6.07 Å². The maximum absolute atomic E-state index is 14.4. The van der Waals surface area contributed by atoms with Gasteiger partial charge in [0.1, 0.15) is 17.5 Å². The lowest BCUT2D eigenvalue weighted by Crippen LogP contribution is -2.24. The van der Waals surface area contributed by atoms with Crippen LogP contribution in [0.1, 0.15) is 43.5 Å². The predicted octanol–water partition coefficient (Wildman–Crippen LogP) is 3.06. The van der Waals surface area contributed by atoms with Crippen molar-refractivity contribution in [2.24, 2.45) is 5.73 Å². The van der Waals surface area contributed by atoms with Crippen LogP contribution in [0.25, 0.3) is 0 Å². The molecule has 1 aliphatic heterocycles. The minimum absolute atomic E-state index is 0.0415. The molecule has 3 N–H and O–H groups in total. The molecular formula is C17H17FN4O. The number of halogens is 1. The molecule has 118 valence electrons. The molecule has 0 amide bonds. The zero-order chi connectivity index (χ0) is 16.8. The van der Waals surface area contributed by atoms with Crippen molar-refractivity contribution >= 4 is 0 Å². The van der Waals surface area contributed by atoms with Gasteiger partial charge in [-0.15, -0.1) is 5.10 Å². The van der Waals surface area contributed by atoms with E-state index in [2.05, 4.69) is 16.3 Å². The first-order chi connectivity index (χ1) is 10.8. The number of hydrogen-bond acceptors (Lipinski definition) is 4. The summed E-state index contributed by atoms with van der Waals surface area (Å²) < 4.78 is 19.9. The van der Waals surface area contributed by atoms with Crippen LogP contribution in [0.15, 0.2) is 35.7 Å². The minimum Gasteiger partial charge on any atom is -0.420 e. The van der Waals surface area contributed by atoms with Gasteiger partial charge in [-0.2, -0.15) is 5.26 Å². The zero-order valence-corrected chi connectivity index (χ0v) is 13.1. The van der Waals surface area contributed by atoms with Gasteiger partial charge in [-0.3, -0.25) is 5.10 Å². The van der Waals surface area contributed by atoms with Crippen LogP contribution in [-0.4, -0.2) is 10.2 Å². The number of nitrogens with one attached hydrogen (secondary N) is 1. The average molecular weight is 312 g/mol. The Balaban J connectivity index is 2.31. The molecule has 0 saturated heterocycles. The van der Waals surface area contributed by atoms with Gasteiger partial charge >= 0.3 is 0 Å². The average Bonchev–Trinajstić information content (AvgIpc) is 2.90. The molecular weight excluding hydrogens is 295 g/mol. The molecule has 0 unspecified atom stereocenters. The summed E-state index contributed by atoms with van der Waals surface area (Å²) >= 11 is 0. The number of nitriles is 1. The molecule has 0 radical (unpaired) electrons. The summed E-state index contributed by atoms with van der Waals surface area (Å²) in [6, 6.07) is 8.42. The smallest absolute Gasteiger partial charge is 0.244 e. The number of benzene rings is 1. The quantitative estimate of drug-likeness (QED) is 0.847. The summed E-state index contributed by atoms with van der Waals surface area (Å²) in [4.78, 5) is 0. The van der Waals surface area contributed by atoms with Crippen LogP contribution in [0.4, 0.5) is 4.39 Å². The molecule has 1 aromatic carbocycles. The standard InChI is InChI=1S/C17H17FN4O/c1-17(2,3)14-13-12(9-6-4-5-7-11(9)18)10(8-19)15(20)23-16(13)22-21-14/h4-7,12H,20H2,1-3H3,(H,21,22)/t12-/m0/s1. The normalized spacial score (nSPS) is 17.4. The second-order valence-electron chi connectivity index (χ2n) is 6.51. The third kappa shape index (κ3) is 2.34. The highest BCUT2D eigenvalue weighted by Crippen LogP contribution is 2.45. The Bertz CT molecular complexity index is 839. The fraction of sp³-hybridized carbons (Fsp3) is 0.294. The Morgan fingerprint density at radius 1 is 1.35 bits per heavy atom. The fourth-order valence-corrected chi connectivity index (χ4v) is 2.84. The van der Waals surface area contributed by atoms with Crippen LogP contribution < -0.4 is 10.5 Å². The van der Waals surface area contributed by atoms with E-state index in [1.54, 1.807) is 18.2 Å². The number of H-pyrrole nitrogens is 1. The van der Waals surface area contributed by atoms with Gasteiger partial charge < -0.3 is 10.5 Å². The second kappa shape index (κ2) is 5.13. The van der Waals surface area contributed by atoms with Crippen molar-refractivity contribution in [1.82, 2.24) is 10.2 Å². The number of allylic oxidation sites excluding steroid dienone is 1. The molecule has 1 atom stereocenters. The van der Waals surface area contributed by atoms with Gasteiger partial charge in [0.05, 0.1) is 11.5 Å². The molecule has 5 nitrogen and oxygen atoms in total. The van der Waals surface area contributed by atoms with Crippen LogP contribution in [-0.2, 0) is 5.41 Å². The van der Waals surface area contributed by atoms with Gasteiger partial charge in [-0.05, 0) is 6.07 Å². The lowest BCUT2D eigenvalue weighted by molar-refractivity contribution is 0.377. The Kier molecular flexibility index (Phi) is 3.37. The van der Waals surface area contributed by atoms with Crippen molar-refractivity contribution in [3.05, 3.63) is 58.4 Å². The number of ether oxygens (including phenoxy) is 1. The number of aromatic amines is 1. The van der Waals surface area contributed by atoms with Gasteiger partial charge in [0.2, 0.25) is 11.8 Å². The summed E-state index contributed by atoms with van der Waals surface area (Å²) in [5.74, 6) is -0.787. The first-order valence-electron chi connectivity index (χ1n) is 7.25. The highest BCUT2D eigenvalue weighted by Gasteiger charge is 2.38. The number of hydrogen-bond donors (Lipinski definition) is 2. The number of nitrogens with zero attached hydrogens (tertiary/aromatic N) is 2. The van der Waals surface area contributed by atoms with Crippen LogP contribution in [0, 0.1) is 17.1 Å². The van der Waals surface area contributed by atoms with Crippen molar-refractivity contribution in [3.63, 3.8) is 0 Å². The Labute approximate surface area is 133 Å². The Hall–Kier alpha value is -2.81. The predicted molar refractivity (Wildman–Crippen MR) is 83.0 cm³/mol. The Morgan fingerprint density at radius 3 is 2.65 bits per heavy atom. The van der Waals surface area contributed by atoms with E-state index in [9.17, 15) is 9.65 Å². The third-order valence-electron chi connectivity index (χ3n) is 3.91. The van der Waals surface area contributed by atoms with Gasteiger partial charge in [-0.25, -0.2) is 4.39 Å². The molecule has 1 aromatic heterocycles. The summed E-state index contributed by atoms with van der Waals surface area (Å²) in [7, 11) is 0. The van der Waals surface area contributed by atoms with Crippen molar-refractivity contribution in [2.75, 3.05) is 0 Å². The second-order valence-corrected chi connectivity index (χ2v) is 6.51. The monoisotopic (exact) mass is 312 g/mol. The minimum atomic E-state index is -0.641. The maximum Gasteiger partial charge on any atom is 0.244 e. The molecule has 6 heteroatoms. The van der Waals surface area contributed by atoms with Crippen LogP contribution in [0.2, 0.25) is 0 Å². The topological polar surface area (TPSA) is 87.7 Å². The molecule has 3 rings (SSSR count). The highest BCUT2D eigenvalue weighted by molar-refractivity contribution is 5.56. The molecule has 0 aliphatic carbocycles. The van der Waals surface area contributed by atoms with Crippen molar-refractivity contribution < 1.29 is 9.13 Å². The van der Waals surface area contributed by atoms with E-state index < -0.39 is 11.7 Å². The van der Waals surface area contributed by atoms with Gasteiger partial charge in [0.15, 0.2) is 0 Å². The molecule has 0 fully saturated rings. The summed E-state index contributed by atoms with van der Waals surface area (Å²) in [6.45, 7) is 6.02. The first-order valence-corrected chi connectivity index (χ1v) is 7.25. The van der Waals surface area contributed by atoms with Gasteiger partial charge in [0, 0.05) is 16.7 Å². The van der Waals surface area contributed by atoms with Gasteiger partial charge in [0.25, 0.3) is 0 Å². The SMILES string of the molecule is CC(C)(C)c1[nH]nc2c1[C@@H](c1ccccc1F)C(C#N)=C(N)O2. The fourth-order valence-electron chi connectivity index (χ4n) is 2.84. The van der Waals surface area contributed by atoms with Crippen LogP contribution in [0.3, 0.4) is 0 Å². The molecule has 0 spiro atoms. The van der Waals surface area contributed by atoms with E-state index in [-0.39, 0.29) is 16.9 Å². The lowest BCUT2D eigenvalue weighted by atomic mass is 9.78. The third-order valence-corrected chi connectivity index (χ3v) is 3.91. The largest absolute Gasteiger partial charge is 0.420 e. The van der Waals surface area contributed by atoms with E-state index in [0.717, 1.165) is 5.69 Å². The summed E-state index contributed by atoms with van der Waals surface area (Å²) in [5, 5.41) is 16.6. The van der Waals surface area contributed by atoms with Crippen molar-refractivity contribution in [3.8, 4) is 11.9 Å². The zero-order valence-electron chi connectivity index (χ0n) is 13.1. The molecule has 0 saturated carbocycles. The molecule has 23 heavy (non-hydrogen) atoms. The van der Waals surface area contributed by atoms with E-state index in [1.807, 2.05) is 20.8 Å². The van der Waals surface area contributed by atoms with E-state index in [4.69, 9.17) is 10.5 Å². The number of rotatable bonds is 1. The summed E-state index contributed by atoms with van der Waals surface area (Å²) in [5.41, 5.74) is 7.60. The molecule has 0 bridgehead atoms. The molecule has 1 aliphatic rings. The van der Waals surface area contributed by atoms with Crippen LogP contribution in [0.5, 0.6) is 5.88 Å². The van der Waals surface area contributed by atoms with Crippen molar-refractivity contribution in [1.29, 1.82) is 5.26 Å². The Morgan fingerprint density at radius 2 is 2.04 bits per heavy atom. The number of fused-ring (bicyclic) bond motifs is 1. The number of aromatic nitrogens is 2. The lowest BCUT2D eigenvalue weighted by Gasteiger charge is -2.27. The first kappa shape index (κ1) is 15.1. The maximum atomic E-state index is 14.4.